The van der Waals surface area contributed by atoms with Gasteiger partial charge in [0.1, 0.15) is 11.5 Å². The van der Waals surface area contributed by atoms with Gasteiger partial charge in [-0.1, -0.05) is 0 Å². The number of H-pyrrole nitrogens is 1. The second kappa shape index (κ2) is 5.84. The van der Waals surface area contributed by atoms with Crippen molar-refractivity contribution in [2.24, 2.45) is 0 Å². The van der Waals surface area contributed by atoms with Crippen LogP contribution in [0.15, 0.2) is 18.2 Å². The highest BCUT2D eigenvalue weighted by Gasteiger charge is 2.14. The summed E-state index contributed by atoms with van der Waals surface area (Å²) in [4.78, 5) is 15.0. The average Bonchev–Trinajstić information content (AvgIpc) is 2.72. The molecule has 0 saturated carbocycles. The molecule has 1 aromatic carbocycles. The zero-order chi connectivity index (χ0) is 13.8. The smallest absolute Gasteiger partial charge is 0.268 e. The summed E-state index contributed by atoms with van der Waals surface area (Å²) in [6, 6.07) is 4.45. The van der Waals surface area contributed by atoms with Crippen molar-refractivity contribution in [3.8, 4) is 0 Å². The molecule has 0 unspecified atom stereocenters. The number of halogens is 1. The number of amides is 1. The van der Waals surface area contributed by atoms with Crippen molar-refractivity contribution in [1.82, 2.24) is 10.3 Å². The summed E-state index contributed by atoms with van der Waals surface area (Å²) in [5.41, 5.74) is 2.01. The van der Waals surface area contributed by atoms with E-state index in [-0.39, 0.29) is 11.7 Å². The van der Waals surface area contributed by atoms with Gasteiger partial charge in [0.15, 0.2) is 0 Å². The molecule has 0 aliphatic carbocycles. The minimum absolute atomic E-state index is 0.176. The first-order chi connectivity index (χ1) is 9.13. The first-order valence-electron chi connectivity index (χ1n) is 6.18. The Morgan fingerprint density at radius 1 is 1.47 bits per heavy atom. The van der Waals surface area contributed by atoms with Crippen molar-refractivity contribution >= 4 is 16.8 Å². The molecule has 0 atom stereocenters. The van der Waals surface area contributed by atoms with E-state index in [1.54, 1.807) is 13.2 Å². The Kier molecular flexibility index (Phi) is 4.16. The number of aryl methyl sites for hydroxylation is 1. The van der Waals surface area contributed by atoms with Gasteiger partial charge in [0.2, 0.25) is 0 Å². The average molecular weight is 264 g/mol. The number of ether oxygens (including phenoxy) is 1. The first kappa shape index (κ1) is 13.5. The number of hydrogen-bond acceptors (Lipinski definition) is 2. The number of aromatic nitrogens is 1. The van der Waals surface area contributed by atoms with Crippen LogP contribution in [0.4, 0.5) is 4.39 Å². The van der Waals surface area contributed by atoms with Gasteiger partial charge in [0.05, 0.1) is 0 Å². The molecule has 1 amide bonds. The Bertz CT molecular complexity index is 592. The molecule has 19 heavy (non-hydrogen) atoms. The van der Waals surface area contributed by atoms with Crippen LogP contribution < -0.4 is 5.32 Å². The zero-order valence-electron chi connectivity index (χ0n) is 11.0. The molecule has 4 nitrogen and oxygen atoms in total. The van der Waals surface area contributed by atoms with E-state index in [2.05, 4.69) is 10.3 Å². The van der Waals surface area contributed by atoms with Crippen molar-refractivity contribution in [2.75, 3.05) is 20.3 Å². The fourth-order valence-electron chi connectivity index (χ4n) is 2.03. The highest BCUT2D eigenvalue weighted by Crippen LogP contribution is 2.22. The zero-order valence-corrected chi connectivity index (χ0v) is 11.0. The highest BCUT2D eigenvalue weighted by molar-refractivity contribution is 6.00. The Balaban J connectivity index is 2.16. The summed E-state index contributed by atoms with van der Waals surface area (Å²) >= 11 is 0. The lowest BCUT2D eigenvalue weighted by molar-refractivity contribution is 0.0944. The van der Waals surface area contributed by atoms with Crippen LogP contribution in [0.3, 0.4) is 0 Å². The molecule has 1 aromatic heterocycles. The molecule has 1 heterocycles. The van der Waals surface area contributed by atoms with Crippen LogP contribution in [-0.4, -0.2) is 31.2 Å². The van der Waals surface area contributed by atoms with Crippen molar-refractivity contribution in [3.63, 3.8) is 0 Å². The number of nitrogens with one attached hydrogen (secondary N) is 2. The van der Waals surface area contributed by atoms with Gasteiger partial charge in [-0.05, 0) is 37.1 Å². The van der Waals surface area contributed by atoms with Gasteiger partial charge >= 0.3 is 0 Å². The quantitative estimate of drug-likeness (QED) is 0.815. The molecule has 0 saturated heterocycles. The van der Waals surface area contributed by atoms with E-state index in [1.165, 1.54) is 12.1 Å². The van der Waals surface area contributed by atoms with E-state index < -0.39 is 0 Å². The maximum Gasteiger partial charge on any atom is 0.268 e. The molecular formula is C14H17FN2O2. The lowest BCUT2D eigenvalue weighted by Gasteiger charge is -2.04. The topological polar surface area (TPSA) is 54.1 Å². The lowest BCUT2D eigenvalue weighted by atomic mass is 10.1. The molecule has 0 fully saturated rings. The van der Waals surface area contributed by atoms with E-state index in [0.29, 0.717) is 18.8 Å². The van der Waals surface area contributed by atoms with Crippen molar-refractivity contribution in [2.45, 2.75) is 13.3 Å². The summed E-state index contributed by atoms with van der Waals surface area (Å²) in [6.07, 6.45) is 0.760. The van der Waals surface area contributed by atoms with Gasteiger partial charge < -0.3 is 15.0 Å². The van der Waals surface area contributed by atoms with Gasteiger partial charge in [0, 0.05) is 31.2 Å². The molecule has 2 aromatic rings. The fourth-order valence-corrected chi connectivity index (χ4v) is 2.03. The summed E-state index contributed by atoms with van der Waals surface area (Å²) in [7, 11) is 1.62. The summed E-state index contributed by atoms with van der Waals surface area (Å²) in [5, 5.41) is 3.54. The van der Waals surface area contributed by atoms with E-state index in [0.717, 1.165) is 22.9 Å². The van der Waals surface area contributed by atoms with Gasteiger partial charge in [0.25, 0.3) is 5.91 Å². The maximum absolute atomic E-state index is 13.2. The first-order valence-corrected chi connectivity index (χ1v) is 6.18. The minimum Gasteiger partial charge on any atom is -0.385 e. The lowest BCUT2D eigenvalue weighted by Crippen LogP contribution is -2.26. The number of carbonyl (C=O) groups is 1. The van der Waals surface area contributed by atoms with Crippen LogP contribution in [0, 0.1) is 12.7 Å². The molecular weight excluding hydrogens is 247 g/mol. The van der Waals surface area contributed by atoms with E-state index in [9.17, 15) is 9.18 Å². The van der Waals surface area contributed by atoms with E-state index in [1.807, 2.05) is 6.92 Å². The standard InChI is InChI=1S/C14H17FN2O2/c1-9-11-8-10(15)4-5-12(11)17-13(9)14(18)16-6-3-7-19-2/h4-5,8,17H,3,6-7H2,1-2H3,(H,16,18). The third-order valence-corrected chi connectivity index (χ3v) is 3.06. The molecule has 0 aliphatic rings. The largest absolute Gasteiger partial charge is 0.385 e. The van der Waals surface area contributed by atoms with Crippen LogP contribution in [0.5, 0.6) is 0 Å². The van der Waals surface area contributed by atoms with Crippen molar-refractivity contribution in [1.29, 1.82) is 0 Å². The molecule has 0 radical (unpaired) electrons. The predicted molar refractivity (Wildman–Crippen MR) is 71.8 cm³/mol. The maximum atomic E-state index is 13.2. The Hall–Kier alpha value is -1.88. The fraction of sp³-hybridized carbons (Fsp3) is 0.357. The monoisotopic (exact) mass is 264 g/mol. The molecule has 2 N–H and O–H groups in total. The van der Waals surface area contributed by atoms with Gasteiger partial charge in [-0.25, -0.2) is 4.39 Å². The molecule has 5 heteroatoms. The summed E-state index contributed by atoms with van der Waals surface area (Å²) < 4.78 is 18.1. The molecule has 2 rings (SSSR count). The molecule has 0 aliphatic heterocycles. The highest BCUT2D eigenvalue weighted by atomic mass is 19.1. The second-order valence-corrected chi connectivity index (χ2v) is 4.42. The number of hydrogen-bond donors (Lipinski definition) is 2. The summed E-state index contributed by atoms with van der Waals surface area (Å²) in [5.74, 6) is -0.480. The number of aromatic amines is 1. The Labute approximate surface area is 111 Å². The Morgan fingerprint density at radius 2 is 2.26 bits per heavy atom. The van der Waals surface area contributed by atoms with Crippen molar-refractivity contribution in [3.05, 3.63) is 35.3 Å². The Morgan fingerprint density at radius 3 is 3.00 bits per heavy atom. The van der Waals surface area contributed by atoms with Crippen LogP contribution in [0.1, 0.15) is 22.5 Å². The molecule has 0 bridgehead atoms. The number of fused-ring (bicyclic) bond motifs is 1. The van der Waals surface area contributed by atoms with Crippen molar-refractivity contribution < 1.29 is 13.9 Å². The molecule has 0 spiro atoms. The van der Waals surface area contributed by atoms with Gasteiger partial charge in [-0.15, -0.1) is 0 Å². The van der Waals surface area contributed by atoms with Crippen LogP contribution >= 0.6 is 0 Å². The third kappa shape index (κ3) is 2.93. The van der Waals surface area contributed by atoms with Gasteiger partial charge in [-0.2, -0.15) is 0 Å². The number of carbonyl (C=O) groups excluding carboxylic acids is 1. The second-order valence-electron chi connectivity index (χ2n) is 4.42. The number of rotatable bonds is 5. The SMILES string of the molecule is COCCCNC(=O)c1[nH]c2ccc(F)cc2c1C. The van der Waals surface area contributed by atoms with Crippen LogP contribution in [0.2, 0.25) is 0 Å². The summed E-state index contributed by atoms with van der Waals surface area (Å²) in [6.45, 7) is 2.97. The van der Waals surface area contributed by atoms with Crippen LogP contribution in [-0.2, 0) is 4.74 Å². The number of methoxy groups -OCH3 is 1. The number of benzene rings is 1. The normalized spacial score (nSPS) is 10.9. The van der Waals surface area contributed by atoms with Gasteiger partial charge in [-0.3, -0.25) is 4.79 Å². The van der Waals surface area contributed by atoms with E-state index >= 15 is 0 Å². The predicted octanol–water partition coefficient (Wildman–Crippen LogP) is 2.38. The molecule has 102 valence electrons. The minimum atomic E-state index is -0.304. The van der Waals surface area contributed by atoms with Crippen LogP contribution in [0.25, 0.3) is 10.9 Å². The van der Waals surface area contributed by atoms with E-state index in [4.69, 9.17) is 4.74 Å². The third-order valence-electron chi connectivity index (χ3n) is 3.06.